The number of carbonyl (C=O) groups excluding carboxylic acids is 2. The van der Waals surface area contributed by atoms with E-state index in [4.69, 9.17) is 14.6 Å². The molecule has 1 aliphatic rings. The number of hydrogen-bond acceptors (Lipinski definition) is 5. The van der Waals surface area contributed by atoms with Crippen LogP contribution in [0.4, 0.5) is 0 Å². The van der Waals surface area contributed by atoms with Crippen molar-refractivity contribution in [1.29, 1.82) is 0 Å². The molecule has 0 amide bonds. The molecule has 5 nitrogen and oxygen atoms in total. The molecule has 1 aliphatic heterocycles. The van der Waals surface area contributed by atoms with Crippen molar-refractivity contribution < 1.29 is 24.2 Å². The summed E-state index contributed by atoms with van der Waals surface area (Å²) in [7, 11) is 0. The summed E-state index contributed by atoms with van der Waals surface area (Å²) in [4.78, 5) is 20.7. The number of aliphatic hydroxyl groups is 1. The van der Waals surface area contributed by atoms with Crippen LogP contribution in [0.5, 0.6) is 0 Å². The minimum Gasteiger partial charge on any atom is -0.515 e. The number of allylic oxidation sites excluding steroid dienone is 1. The van der Waals surface area contributed by atoms with Crippen LogP contribution < -0.4 is 0 Å². The summed E-state index contributed by atoms with van der Waals surface area (Å²) in [5, 5.41) is 7.84. The first kappa shape index (κ1) is 15.6. The molecule has 1 atom stereocenters. The molecule has 1 fully saturated rings. The number of esters is 1. The lowest BCUT2D eigenvalue weighted by Crippen LogP contribution is -2.14. The highest BCUT2D eigenvalue weighted by Crippen LogP contribution is 2.06. The van der Waals surface area contributed by atoms with Gasteiger partial charge in [-0.1, -0.05) is 0 Å². The van der Waals surface area contributed by atoms with Gasteiger partial charge in [0.1, 0.15) is 0 Å². The lowest BCUT2D eigenvalue weighted by atomic mass is 10.2. The Labute approximate surface area is 101 Å². The third kappa shape index (κ3) is 10.9. The summed E-state index contributed by atoms with van der Waals surface area (Å²) >= 11 is 0. The Morgan fingerprint density at radius 3 is 2.71 bits per heavy atom. The molecule has 0 spiro atoms. The van der Waals surface area contributed by atoms with Gasteiger partial charge in [-0.3, -0.25) is 9.59 Å². The fourth-order valence-electron chi connectivity index (χ4n) is 1.18. The Hall–Kier alpha value is -1.36. The minimum absolute atomic E-state index is 0.0594. The molecule has 0 saturated carbocycles. The molecule has 0 radical (unpaired) electrons. The summed E-state index contributed by atoms with van der Waals surface area (Å²) in [6, 6.07) is 0. The fraction of sp³-hybridized carbons (Fsp3) is 0.667. The lowest BCUT2D eigenvalue weighted by Gasteiger charge is -2.09. The highest BCUT2D eigenvalue weighted by molar-refractivity contribution is 5.86. The van der Waals surface area contributed by atoms with Crippen molar-refractivity contribution in [2.75, 3.05) is 13.2 Å². The van der Waals surface area contributed by atoms with E-state index in [1.807, 2.05) is 6.92 Å². The first-order valence-corrected chi connectivity index (χ1v) is 5.64. The molecular weight excluding hydrogens is 224 g/mol. The Morgan fingerprint density at radius 2 is 2.18 bits per heavy atom. The number of ketones is 1. The number of rotatable bonds is 1. The van der Waals surface area contributed by atoms with Gasteiger partial charge in [0.15, 0.2) is 5.78 Å². The second-order valence-electron chi connectivity index (χ2n) is 3.73. The molecule has 1 unspecified atom stereocenters. The average molecular weight is 244 g/mol. The van der Waals surface area contributed by atoms with Crippen molar-refractivity contribution in [3.05, 3.63) is 12.3 Å². The fourth-order valence-corrected chi connectivity index (χ4v) is 1.18. The number of hydrogen-bond donors (Lipinski definition) is 1. The zero-order valence-corrected chi connectivity index (χ0v) is 10.3. The van der Waals surface area contributed by atoms with Crippen LogP contribution in [0.15, 0.2) is 12.3 Å². The van der Waals surface area contributed by atoms with Crippen LogP contribution in [0.25, 0.3) is 0 Å². The van der Waals surface area contributed by atoms with Crippen LogP contribution in [0.1, 0.15) is 33.1 Å². The van der Waals surface area contributed by atoms with Crippen LogP contribution in [0.3, 0.4) is 0 Å². The summed E-state index contributed by atoms with van der Waals surface area (Å²) in [5.41, 5.74) is 0. The monoisotopic (exact) mass is 244 g/mol. The van der Waals surface area contributed by atoms with Crippen molar-refractivity contribution in [3.63, 3.8) is 0 Å². The van der Waals surface area contributed by atoms with Gasteiger partial charge in [-0.25, -0.2) is 0 Å². The first-order valence-electron chi connectivity index (χ1n) is 5.64. The predicted molar refractivity (Wildman–Crippen MR) is 62.7 cm³/mol. The molecule has 0 aliphatic carbocycles. The van der Waals surface area contributed by atoms with E-state index in [1.165, 1.54) is 6.92 Å². The summed E-state index contributed by atoms with van der Waals surface area (Å²) < 4.78 is 10.2. The summed E-state index contributed by atoms with van der Waals surface area (Å²) in [6.45, 7) is 4.54. The number of ether oxygens (including phenoxy) is 2. The smallest absolute Gasteiger partial charge is 0.308 e. The number of aliphatic hydroxyl groups excluding tert-OH is 1. The van der Waals surface area contributed by atoms with E-state index < -0.39 is 0 Å². The van der Waals surface area contributed by atoms with Crippen LogP contribution in [0, 0.1) is 0 Å². The van der Waals surface area contributed by atoms with E-state index in [-0.39, 0.29) is 17.9 Å². The molecule has 17 heavy (non-hydrogen) atoms. The molecule has 1 rings (SSSR count). The maximum absolute atomic E-state index is 10.9. The second-order valence-corrected chi connectivity index (χ2v) is 3.73. The topological polar surface area (TPSA) is 72.8 Å². The molecule has 5 heteroatoms. The molecule has 0 bridgehead atoms. The van der Waals surface area contributed by atoms with Crippen molar-refractivity contribution >= 4 is 11.8 Å². The van der Waals surface area contributed by atoms with E-state index in [2.05, 4.69) is 0 Å². The van der Waals surface area contributed by atoms with Crippen LogP contribution in [0.2, 0.25) is 0 Å². The minimum atomic E-state index is -0.141. The van der Waals surface area contributed by atoms with E-state index in [0.717, 1.165) is 31.8 Å². The highest BCUT2D eigenvalue weighted by atomic mass is 16.5. The second kappa shape index (κ2) is 9.84. The van der Waals surface area contributed by atoms with Crippen molar-refractivity contribution in [3.8, 4) is 0 Å². The molecular formula is C12H20O5. The van der Waals surface area contributed by atoms with E-state index in [1.54, 1.807) is 0 Å². The molecule has 1 N–H and O–H groups in total. The van der Waals surface area contributed by atoms with Crippen LogP contribution in [-0.2, 0) is 19.1 Å². The standard InChI is InChI=1S/C8H14O3.C4H6O2/c1-7-3-2-5-10-6-4-8(9)11-7;1-4(6)2-3-5/h7H,2-6H2,1H3;2-3,5H,1H3/b;3-2+. The zero-order chi connectivity index (χ0) is 13.1. The quantitative estimate of drug-likeness (QED) is 0.432. The third-order valence-electron chi connectivity index (χ3n) is 1.99. The van der Waals surface area contributed by atoms with Gasteiger partial charge in [-0.05, 0) is 26.7 Å². The van der Waals surface area contributed by atoms with E-state index >= 15 is 0 Å². The summed E-state index contributed by atoms with van der Waals surface area (Å²) in [5.74, 6) is -0.281. The van der Waals surface area contributed by atoms with Gasteiger partial charge in [0.25, 0.3) is 0 Å². The van der Waals surface area contributed by atoms with Crippen LogP contribution >= 0.6 is 0 Å². The van der Waals surface area contributed by atoms with Crippen molar-refractivity contribution in [1.82, 2.24) is 0 Å². The Balaban J connectivity index is 0.000000366. The van der Waals surface area contributed by atoms with E-state index in [0.29, 0.717) is 13.0 Å². The first-order chi connectivity index (χ1) is 8.06. The predicted octanol–water partition coefficient (Wildman–Crippen LogP) is 1.77. The van der Waals surface area contributed by atoms with Gasteiger partial charge < -0.3 is 14.6 Å². The van der Waals surface area contributed by atoms with Crippen LogP contribution in [-0.4, -0.2) is 36.2 Å². The maximum Gasteiger partial charge on any atom is 0.308 e. The lowest BCUT2D eigenvalue weighted by molar-refractivity contribution is -0.148. The summed E-state index contributed by atoms with van der Waals surface area (Å²) in [6.07, 6.45) is 4.15. The van der Waals surface area contributed by atoms with Gasteiger partial charge in [-0.15, -0.1) is 0 Å². The van der Waals surface area contributed by atoms with Gasteiger partial charge in [-0.2, -0.15) is 0 Å². The normalized spacial score (nSPS) is 21.5. The SMILES string of the molecule is CC(=O)/C=C/O.CC1CCCOCCC(=O)O1. The Morgan fingerprint density at radius 1 is 1.47 bits per heavy atom. The molecule has 1 heterocycles. The van der Waals surface area contributed by atoms with Gasteiger partial charge in [0.05, 0.1) is 25.4 Å². The average Bonchev–Trinajstić information content (AvgIpc) is 2.31. The van der Waals surface area contributed by atoms with Gasteiger partial charge in [0, 0.05) is 12.7 Å². The molecule has 0 aromatic rings. The Bertz CT molecular complexity index is 260. The Kier molecular flexibility index (Phi) is 9.05. The molecule has 1 saturated heterocycles. The zero-order valence-electron chi connectivity index (χ0n) is 10.3. The largest absolute Gasteiger partial charge is 0.515 e. The van der Waals surface area contributed by atoms with E-state index in [9.17, 15) is 9.59 Å². The van der Waals surface area contributed by atoms with Gasteiger partial charge >= 0.3 is 5.97 Å². The number of carbonyl (C=O) groups is 2. The molecule has 98 valence electrons. The maximum atomic E-state index is 10.9. The third-order valence-corrected chi connectivity index (χ3v) is 1.99. The molecule has 0 aromatic carbocycles. The van der Waals surface area contributed by atoms with Gasteiger partial charge in [0.2, 0.25) is 0 Å². The van der Waals surface area contributed by atoms with Crippen molar-refractivity contribution in [2.45, 2.75) is 39.2 Å². The number of cyclic esters (lactones) is 1. The van der Waals surface area contributed by atoms with Crippen molar-refractivity contribution in [2.24, 2.45) is 0 Å². The molecule has 0 aromatic heterocycles. The highest BCUT2D eigenvalue weighted by Gasteiger charge is 2.11.